The van der Waals surface area contributed by atoms with Crippen LogP contribution in [0.2, 0.25) is 5.02 Å². The Labute approximate surface area is 133 Å². The Balaban J connectivity index is 2.48. The van der Waals surface area contributed by atoms with Crippen LogP contribution in [0.5, 0.6) is 5.75 Å². The summed E-state index contributed by atoms with van der Waals surface area (Å²) in [5.41, 5.74) is 10.5. The molecule has 0 aliphatic rings. The highest BCUT2D eigenvalue weighted by Gasteiger charge is 2.15. The molecule has 4 heteroatoms. The molecule has 2 N–H and O–H groups in total. The van der Waals surface area contributed by atoms with Gasteiger partial charge in [0.2, 0.25) is 0 Å². The Morgan fingerprint density at radius 1 is 1.15 bits per heavy atom. The number of hydrogen-bond donors (Lipinski definition) is 1. The highest BCUT2D eigenvalue weighted by atomic mass is 79.9. The summed E-state index contributed by atoms with van der Waals surface area (Å²) in [6, 6.07) is 9.56. The van der Waals surface area contributed by atoms with E-state index >= 15 is 0 Å². The highest BCUT2D eigenvalue weighted by Crippen LogP contribution is 2.32. The van der Waals surface area contributed by atoms with Gasteiger partial charge < -0.3 is 10.5 Å². The van der Waals surface area contributed by atoms with E-state index in [1.807, 2.05) is 44.2 Å². The van der Waals surface area contributed by atoms with Gasteiger partial charge in [-0.25, -0.2) is 0 Å². The molecule has 0 aromatic heterocycles. The fraction of sp³-hybridized carbons (Fsp3) is 0.250. The van der Waals surface area contributed by atoms with Gasteiger partial charge in [-0.05, 0) is 54.3 Å². The number of halogens is 2. The second-order valence-electron chi connectivity index (χ2n) is 4.83. The van der Waals surface area contributed by atoms with Crippen molar-refractivity contribution in [2.45, 2.75) is 19.9 Å². The Bertz CT molecular complexity index is 619. The summed E-state index contributed by atoms with van der Waals surface area (Å²) in [4.78, 5) is 0. The zero-order valence-corrected chi connectivity index (χ0v) is 14.0. The fourth-order valence-corrected chi connectivity index (χ4v) is 3.03. The maximum absolute atomic E-state index is 6.37. The predicted molar refractivity (Wildman–Crippen MR) is 87.7 cm³/mol. The van der Waals surface area contributed by atoms with Crippen molar-refractivity contribution < 1.29 is 4.74 Å². The molecule has 2 aromatic carbocycles. The maximum atomic E-state index is 6.37. The molecule has 0 saturated heterocycles. The summed E-state index contributed by atoms with van der Waals surface area (Å²) < 4.78 is 6.35. The molecule has 2 nitrogen and oxygen atoms in total. The van der Waals surface area contributed by atoms with Crippen LogP contribution >= 0.6 is 27.5 Å². The zero-order chi connectivity index (χ0) is 14.9. The average Bonchev–Trinajstić information content (AvgIpc) is 2.40. The third-order valence-electron chi connectivity index (χ3n) is 3.34. The van der Waals surface area contributed by atoms with Crippen molar-refractivity contribution in [3.63, 3.8) is 0 Å². The molecule has 0 bridgehead atoms. The molecule has 0 amide bonds. The first kappa shape index (κ1) is 15.4. The van der Waals surface area contributed by atoms with E-state index in [4.69, 9.17) is 22.1 Å². The highest BCUT2D eigenvalue weighted by molar-refractivity contribution is 9.10. The summed E-state index contributed by atoms with van der Waals surface area (Å²) in [5.74, 6) is 0.904. The van der Waals surface area contributed by atoms with Crippen LogP contribution in [-0.4, -0.2) is 7.11 Å². The van der Waals surface area contributed by atoms with Crippen molar-refractivity contribution in [3.8, 4) is 5.75 Å². The van der Waals surface area contributed by atoms with Crippen LogP contribution in [0, 0.1) is 13.8 Å². The van der Waals surface area contributed by atoms with E-state index in [0.717, 1.165) is 32.5 Å². The third kappa shape index (κ3) is 3.00. The lowest BCUT2D eigenvalue weighted by atomic mass is 9.95. The van der Waals surface area contributed by atoms with Crippen LogP contribution in [0.25, 0.3) is 0 Å². The number of hydrogen-bond acceptors (Lipinski definition) is 2. The van der Waals surface area contributed by atoms with Crippen molar-refractivity contribution in [3.05, 3.63) is 62.1 Å². The minimum atomic E-state index is -0.261. The van der Waals surface area contributed by atoms with Crippen LogP contribution in [0.1, 0.15) is 28.3 Å². The lowest BCUT2D eigenvalue weighted by molar-refractivity contribution is 0.408. The molecule has 2 aromatic rings. The van der Waals surface area contributed by atoms with Crippen LogP contribution in [-0.2, 0) is 0 Å². The second-order valence-corrected chi connectivity index (χ2v) is 6.15. The Hall–Kier alpha value is -1.03. The van der Waals surface area contributed by atoms with E-state index in [1.165, 1.54) is 0 Å². The van der Waals surface area contributed by atoms with Crippen LogP contribution in [0.4, 0.5) is 0 Å². The first-order chi connectivity index (χ1) is 9.43. The number of methoxy groups -OCH3 is 1. The molecular weight excluding hydrogens is 338 g/mol. The summed E-state index contributed by atoms with van der Waals surface area (Å²) in [5, 5.41) is 0.673. The van der Waals surface area contributed by atoms with E-state index in [9.17, 15) is 0 Å². The van der Waals surface area contributed by atoms with E-state index in [2.05, 4.69) is 15.9 Å². The van der Waals surface area contributed by atoms with Gasteiger partial charge in [0.15, 0.2) is 0 Å². The van der Waals surface area contributed by atoms with E-state index in [-0.39, 0.29) is 6.04 Å². The monoisotopic (exact) mass is 353 g/mol. The maximum Gasteiger partial charge on any atom is 0.124 e. The molecule has 0 saturated carbocycles. The van der Waals surface area contributed by atoms with Gasteiger partial charge in [0.25, 0.3) is 0 Å². The summed E-state index contributed by atoms with van der Waals surface area (Å²) >= 11 is 9.71. The molecule has 0 aliphatic heterocycles. The van der Waals surface area contributed by atoms with E-state index in [1.54, 1.807) is 7.11 Å². The molecule has 0 radical (unpaired) electrons. The van der Waals surface area contributed by atoms with Crippen molar-refractivity contribution in [1.29, 1.82) is 0 Å². The molecule has 0 heterocycles. The van der Waals surface area contributed by atoms with E-state index in [0.29, 0.717) is 5.02 Å². The Morgan fingerprint density at radius 2 is 1.75 bits per heavy atom. The van der Waals surface area contributed by atoms with Gasteiger partial charge in [0.1, 0.15) is 5.75 Å². The van der Waals surface area contributed by atoms with Gasteiger partial charge in [0.05, 0.1) is 13.2 Å². The summed E-state index contributed by atoms with van der Waals surface area (Å²) in [6.07, 6.45) is 0. The normalized spacial score (nSPS) is 12.3. The number of rotatable bonds is 3. The van der Waals surface area contributed by atoms with Gasteiger partial charge in [-0.3, -0.25) is 0 Å². The van der Waals surface area contributed by atoms with Crippen molar-refractivity contribution in [2.75, 3.05) is 7.11 Å². The second kappa shape index (κ2) is 6.17. The molecular formula is C16H17BrClNO. The molecule has 0 spiro atoms. The molecule has 1 atom stereocenters. The third-order valence-corrected chi connectivity index (χ3v) is 4.18. The molecule has 1 unspecified atom stereocenters. The molecule has 0 aliphatic carbocycles. The first-order valence-electron chi connectivity index (χ1n) is 6.29. The number of benzene rings is 2. The quantitative estimate of drug-likeness (QED) is 0.861. The van der Waals surface area contributed by atoms with Crippen molar-refractivity contribution in [1.82, 2.24) is 0 Å². The topological polar surface area (TPSA) is 35.2 Å². The van der Waals surface area contributed by atoms with Crippen LogP contribution in [0.15, 0.2) is 34.8 Å². The average molecular weight is 355 g/mol. The van der Waals surface area contributed by atoms with Crippen LogP contribution < -0.4 is 10.5 Å². The Kier molecular flexibility index (Phi) is 4.74. The molecule has 106 valence electrons. The SMILES string of the molecule is COc1c(C)cc(C(N)c2cc(Br)ccc2Cl)cc1C. The van der Waals surface area contributed by atoms with Crippen molar-refractivity contribution in [2.24, 2.45) is 5.73 Å². The number of nitrogens with two attached hydrogens (primary N) is 1. The van der Waals surface area contributed by atoms with Crippen molar-refractivity contribution >= 4 is 27.5 Å². The first-order valence-corrected chi connectivity index (χ1v) is 7.46. The van der Waals surface area contributed by atoms with Gasteiger partial charge in [-0.15, -0.1) is 0 Å². The lowest BCUT2D eigenvalue weighted by Gasteiger charge is -2.18. The standard InChI is InChI=1S/C16H17BrClNO/c1-9-6-11(7-10(2)16(9)20-3)15(19)13-8-12(17)4-5-14(13)18/h4-8,15H,19H2,1-3H3. The predicted octanol–water partition coefficient (Wildman–Crippen LogP) is 4.78. The fourth-order valence-electron chi connectivity index (χ4n) is 2.42. The minimum Gasteiger partial charge on any atom is -0.496 e. The van der Waals surface area contributed by atoms with Gasteiger partial charge >= 0.3 is 0 Å². The number of aryl methyl sites for hydroxylation is 2. The van der Waals surface area contributed by atoms with Crippen LogP contribution in [0.3, 0.4) is 0 Å². The minimum absolute atomic E-state index is 0.261. The molecule has 0 fully saturated rings. The summed E-state index contributed by atoms with van der Waals surface area (Å²) in [6.45, 7) is 4.04. The molecule has 20 heavy (non-hydrogen) atoms. The largest absolute Gasteiger partial charge is 0.496 e. The number of ether oxygens (including phenoxy) is 1. The zero-order valence-electron chi connectivity index (χ0n) is 11.7. The lowest BCUT2D eigenvalue weighted by Crippen LogP contribution is -2.13. The van der Waals surface area contributed by atoms with Gasteiger partial charge in [0, 0.05) is 9.50 Å². The van der Waals surface area contributed by atoms with Gasteiger partial charge in [-0.1, -0.05) is 39.7 Å². The smallest absolute Gasteiger partial charge is 0.124 e. The van der Waals surface area contributed by atoms with E-state index < -0.39 is 0 Å². The summed E-state index contributed by atoms with van der Waals surface area (Å²) in [7, 11) is 1.68. The Morgan fingerprint density at radius 3 is 2.30 bits per heavy atom. The van der Waals surface area contributed by atoms with Gasteiger partial charge in [-0.2, -0.15) is 0 Å². The molecule has 2 rings (SSSR count).